The zero-order chi connectivity index (χ0) is 17.9. The number of carbonyl (C=O) groups is 1. The predicted octanol–water partition coefficient (Wildman–Crippen LogP) is 0.257. The van der Waals surface area contributed by atoms with Crippen LogP contribution in [0.25, 0.3) is 5.82 Å². The maximum Gasteiger partial charge on any atom is 0.225 e. The second-order valence-corrected chi connectivity index (χ2v) is 6.91. The maximum atomic E-state index is 12.7. The van der Waals surface area contributed by atoms with Crippen LogP contribution in [0.5, 0.6) is 0 Å². The Morgan fingerprint density at radius 1 is 1.00 bits per heavy atom. The minimum Gasteiger partial charge on any atom is -0.393 e. The highest BCUT2D eigenvalue weighted by atomic mass is 16.3. The molecule has 0 spiro atoms. The normalized spacial score (nSPS) is 19.7. The zero-order valence-corrected chi connectivity index (χ0v) is 14.6. The smallest absolute Gasteiger partial charge is 0.225 e. The summed E-state index contributed by atoms with van der Waals surface area (Å²) >= 11 is 0. The van der Waals surface area contributed by atoms with Crippen LogP contribution in [0.4, 0.5) is 5.82 Å². The molecule has 2 aliphatic heterocycles. The molecule has 4 heterocycles. The molecule has 1 amide bonds. The summed E-state index contributed by atoms with van der Waals surface area (Å²) in [6.07, 6.45) is 5.83. The van der Waals surface area contributed by atoms with E-state index in [-0.39, 0.29) is 17.9 Å². The van der Waals surface area contributed by atoms with E-state index in [4.69, 9.17) is 0 Å². The number of carbonyl (C=O) groups excluding carboxylic acids is 1. The summed E-state index contributed by atoms with van der Waals surface area (Å²) in [5, 5.41) is 22.1. The Kier molecular flexibility index (Phi) is 4.79. The molecule has 9 nitrogen and oxygen atoms in total. The quantitative estimate of drug-likeness (QED) is 0.841. The van der Waals surface area contributed by atoms with Crippen molar-refractivity contribution in [2.75, 3.05) is 31.1 Å². The fourth-order valence-electron chi connectivity index (χ4n) is 3.64. The number of aromatic nitrogens is 5. The standard InChI is InChI=1S/C17H23N7O2/c25-14-5-9-23(10-6-14)17(26)13-3-7-22(8-4-13)15-1-2-16(21-20-15)24-12-18-11-19-24/h1-2,11-14,25H,3-10H2. The number of hydrogen-bond acceptors (Lipinski definition) is 7. The molecule has 9 heteroatoms. The van der Waals surface area contributed by atoms with Gasteiger partial charge in [0.05, 0.1) is 6.10 Å². The number of aliphatic hydroxyl groups excluding tert-OH is 1. The molecule has 0 aliphatic carbocycles. The molecule has 138 valence electrons. The summed E-state index contributed by atoms with van der Waals surface area (Å²) in [5.41, 5.74) is 0. The molecule has 26 heavy (non-hydrogen) atoms. The van der Waals surface area contributed by atoms with Crippen LogP contribution in [0.2, 0.25) is 0 Å². The van der Waals surface area contributed by atoms with Crippen molar-refractivity contribution in [1.29, 1.82) is 0 Å². The van der Waals surface area contributed by atoms with Crippen molar-refractivity contribution in [3.8, 4) is 5.82 Å². The highest BCUT2D eigenvalue weighted by Gasteiger charge is 2.30. The minimum absolute atomic E-state index is 0.0730. The van der Waals surface area contributed by atoms with E-state index in [1.54, 1.807) is 11.0 Å². The molecule has 1 N–H and O–H groups in total. The molecule has 0 unspecified atom stereocenters. The van der Waals surface area contributed by atoms with Gasteiger partial charge in [-0.05, 0) is 37.8 Å². The average Bonchev–Trinajstić information content (AvgIpc) is 3.23. The number of rotatable bonds is 3. The number of piperidine rings is 2. The molecule has 2 aromatic rings. The monoisotopic (exact) mass is 357 g/mol. The molecule has 2 saturated heterocycles. The SMILES string of the molecule is O=C(C1CCN(c2ccc(-n3cncn3)nn2)CC1)N1CCC(O)CC1. The minimum atomic E-state index is -0.250. The van der Waals surface area contributed by atoms with E-state index in [9.17, 15) is 9.90 Å². The van der Waals surface area contributed by atoms with Gasteiger partial charge in [0.1, 0.15) is 12.7 Å². The largest absolute Gasteiger partial charge is 0.393 e. The van der Waals surface area contributed by atoms with E-state index in [1.165, 1.54) is 6.33 Å². The van der Waals surface area contributed by atoms with Gasteiger partial charge < -0.3 is 14.9 Å². The van der Waals surface area contributed by atoms with Crippen LogP contribution >= 0.6 is 0 Å². The number of aliphatic hydroxyl groups is 1. The molecule has 2 fully saturated rings. The van der Waals surface area contributed by atoms with Gasteiger partial charge in [-0.1, -0.05) is 0 Å². The lowest BCUT2D eigenvalue weighted by Crippen LogP contribution is -2.46. The molecule has 2 aromatic heterocycles. The molecular weight excluding hydrogens is 334 g/mol. The predicted molar refractivity (Wildman–Crippen MR) is 93.7 cm³/mol. The Balaban J connectivity index is 1.32. The van der Waals surface area contributed by atoms with E-state index in [0.717, 1.165) is 31.7 Å². The topological polar surface area (TPSA) is 100 Å². The number of anilines is 1. The van der Waals surface area contributed by atoms with Crippen LogP contribution < -0.4 is 4.90 Å². The molecule has 2 aliphatic rings. The highest BCUT2D eigenvalue weighted by molar-refractivity contribution is 5.79. The van der Waals surface area contributed by atoms with Crippen LogP contribution in [0.1, 0.15) is 25.7 Å². The number of amides is 1. The van der Waals surface area contributed by atoms with Crippen molar-refractivity contribution in [3.63, 3.8) is 0 Å². The van der Waals surface area contributed by atoms with Crippen LogP contribution in [-0.2, 0) is 4.79 Å². The average molecular weight is 357 g/mol. The molecular formula is C17H23N7O2. The van der Waals surface area contributed by atoms with Crippen molar-refractivity contribution >= 4 is 11.7 Å². The summed E-state index contributed by atoms with van der Waals surface area (Å²) in [4.78, 5) is 20.6. The molecule has 0 bridgehead atoms. The van der Waals surface area contributed by atoms with Crippen LogP contribution in [0, 0.1) is 5.92 Å². The zero-order valence-electron chi connectivity index (χ0n) is 14.6. The first-order valence-corrected chi connectivity index (χ1v) is 9.11. The Morgan fingerprint density at radius 3 is 2.31 bits per heavy atom. The summed E-state index contributed by atoms with van der Waals surface area (Å²) in [7, 11) is 0. The molecule has 0 saturated carbocycles. The summed E-state index contributed by atoms with van der Waals surface area (Å²) in [5.74, 6) is 1.76. The lowest BCUT2D eigenvalue weighted by Gasteiger charge is -2.36. The first-order valence-electron chi connectivity index (χ1n) is 9.11. The van der Waals surface area contributed by atoms with Gasteiger partial charge in [0.25, 0.3) is 0 Å². The van der Waals surface area contributed by atoms with E-state index in [2.05, 4.69) is 25.2 Å². The van der Waals surface area contributed by atoms with Crippen molar-refractivity contribution in [1.82, 2.24) is 29.9 Å². The van der Waals surface area contributed by atoms with Gasteiger partial charge in [-0.25, -0.2) is 9.67 Å². The lowest BCUT2D eigenvalue weighted by molar-refractivity contribution is -0.138. The van der Waals surface area contributed by atoms with Gasteiger partial charge >= 0.3 is 0 Å². The first-order chi connectivity index (χ1) is 12.7. The Bertz CT molecular complexity index is 718. The van der Waals surface area contributed by atoms with E-state index < -0.39 is 0 Å². The number of nitrogens with zero attached hydrogens (tertiary/aromatic N) is 7. The number of hydrogen-bond donors (Lipinski definition) is 1. The lowest BCUT2D eigenvalue weighted by atomic mass is 9.94. The van der Waals surface area contributed by atoms with Crippen LogP contribution in [-0.4, -0.2) is 73.2 Å². The van der Waals surface area contributed by atoms with Crippen molar-refractivity contribution < 1.29 is 9.90 Å². The number of likely N-dealkylation sites (tertiary alicyclic amines) is 1. The van der Waals surface area contributed by atoms with Crippen molar-refractivity contribution in [2.45, 2.75) is 31.8 Å². The van der Waals surface area contributed by atoms with Crippen molar-refractivity contribution in [2.24, 2.45) is 5.92 Å². The third kappa shape index (κ3) is 3.52. The van der Waals surface area contributed by atoms with Gasteiger partial charge in [-0.3, -0.25) is 4.79 Å². The Morgan fingerprint density at radius 2 is 1.69 bits per heavy atom. The van der Waals surface area contributed by atoms with Gasteiger partial charge in [-0.15, -0.1) is 10.2 Å². The maximum absolute atomic E-state index is 12.7. The van der Waals surface area contributed by atoms with Gasteiger partial charge in [-0.2, -0.15) is 5.10 Å². The molecule has 0 radical (unpaired) electrons. The third-order valence-corrected chi connectivity index (χ3v) is 5.23. The molecule has 0 aromatic carbocycles. The second-order valence-electron chi connectivity index (χ2n) is 6.91. The fourth-order valence-corrected chi connectivity index (χ4v) is 3.64. The summed E-state index contributed by atoms with van der Waals surface area (Å²) in [6, 6.07) is 3.80. The van der Waals surface area contributed by atoms with E-state index in [1.807, 2.05) is 17.0 Å². The molecule has 0 atom stereocenters. The Labute approximate surface area is 151 Å². The van der Waals surface area contributed by atoms with Crippen LogP contribution in [0.15, 0.2) is 24.8 Å². The Hall–Kier alpha value is -2.55. The fraction of sp³-hybridized carbons (Fsp3) is 0.588. The summed E-state index contributed by atoms with van der Waals surface area (Å²) in [6.45, 7) is 2.94. The van der Waals surface area contributed by atoms with Gasteiger partial charge in [0.2, 0.25) is 5.91 Å². The van der Waals surface area contributed by atoms with Crippen molar-refractivity contribution in [3.05, 3.63) is 24.8 Å². The second kappa shape index (κ2) is 7.36. The molecule has 4 rings (SSSR count). The van der Waals surface area contributed by atoms with Gasteiger partial charge in [0.15, 0.2) is 11.6 Å². The van der Waals surface area contributed by atoms with E-state index in [0.29, 0.717) is 31.7 Å². The highest BCUT2D eigenvalue weighted by Crippen LogP contribution is 2.24. The van der Waals surface area contributed by atoms with Gasteiger partial charge in [0, 0.05) is 32.1 Å². The van der Waals surface area contributed by atoms with E-state index >= 15 is 0 Å². The third-order valence-electron chi connectivity index (χ3n) is 5.23. The van der Waals surface area contributed by atoms with Crippen LogP contribution in [0.3, 0.4) is 0 Å². The first kappa shape index (κ1) is 16.9. The summed E-state index contributed by atoms with van der Waals surface area (Å²) < 4.78 is 1.57.